The van der Waals surface area contributed by atoms with Crippen LogP contribution in [-0.4, -0.2) is 49.9 Å². The summed E-state index contributed by atoms with van der Waals surface area (Å²) in [6.45, 7) is 4.25. The SMILES string of the molecule is COCCOCCOCCn1ccc(CN)n1. The van der Waals surface area contributed by atoms with Crippen molar-refractivity contribution < 1.29 is 14.2 Å². The maximum Gasteiger partial charge on any atom is 0.0760 e. The highest BCUT2D eigenvalue weighted by atomic mass is 16.5. The van der Waals surface area contributed by atoms with Crippen molar-refractivity contribution in [2.45, 2.75) is 13.1 Å². The van der Waals surface area contributed by atoms with Crippen molar-refractivity contribution in [3.05, 3.63) is 18.0 Å². The molecule has 6 nitrogen and oxygen atoms in total. The Hall–Kier alpha value is -0.950. The lowest BCUT2D eigenvalue weighted by molar-refractivity contribution is 0.0225. The van der Waals surface area contributed by atoms with E-state index in [1.165, 1.54) is 0 Å². The maximum atomic E-state index is 5.46. The van der Waals surface area contributed by atoms with Gasteiger partial charge in [-0.3, -0.25) is 4.68 Å². The lowest BCUT2D eigenvalue weighted by atomic mass is 10.4. The molecule has 2 N–H and O–H groups in total. The van der Waals surface area contributed by atoms with Gasteiger partial charge in [0.25, 0.3) is 0 Å². The quantitative estimate of drug-likeness (QED) is 0.587. The largest absolute Gasteiger partial charge is 0.382 e. The summed E-state index contributed by atoms with van der Waals surface area (Å²) in [5.41, 5.74) is 6.36. The van der Waals surface area contributed by atoms with Gasteiger partial charge < -0.3 is 19.9 Å². The van der Waals surface area contributed by atoms with Crippen LogP contribution in [0.2, 0.25) is 0 Å². The van der Waals surface area contributed by atoms with Crippen LogP contribution in [0.4, 0.5) is 0 Å². The summed E-state index contributed by atoms with van der Waals surface area (Å²) in [7, 11) is 1.65. The molecule has 6 heteroatoms. The van der Waals surface area contributed by atoms with Crippen LogP contribution in [0.25, 0.3) is 0 Å². The molecule has 98 valence electrons. The van der Waals surface area contributed by atoms with Crippen LogP contribution in [-0.2, 0) is 27.3 Å². The molecule has 17 heavy (non-hydrogen) atoms. The molecule has 0 bridgehead atoms. The normalized spacial score (nSPS) is 10.9. The van der Waals surface area contributed by atoms with E-state index in [9.17, 15) is 0 Å². The zero-order valence-electron chi connectivity index (χ0n) is 10.3. The number of hydrogen-bond acceptors (Lipinski definition) is 5. The van der Waals surface area contributed by atoms with E-state index in [1.54, 1.807) is 7.11 Å². The standard InChI is InChI=1S/C11H21N3O3/c1-15-6-7-17-9-8-16-5-4-14-3-2-11(10-12)13-14/h2-3H,4-10,12H2,1H3. The topological polar surface area (TPSA) is 71.5 Å². The Balaban J connectivity index is 1.93. The van der Waals surface area contributed by atoms with Crippen LogP contribution in [0.3, 0.4) is 0 Å². The molecule has 1 heterocycles. The van der Waals surface area contributed by atoms with E-state index in [0.29, 0.717) is 39.6 Å². The van der Waals surface area contributed by atoms with Gasteiger partial charge in [0, 0.05) is 19.9 Å². The molecule has 1 aromatic heterocycles. The number of nitrogens with two attached hydrogens (primary N) is 1. The molecule has 0 aliphatic rings. The van der Waals surface area contributed by atoms with Crippen LogP contribution in [0.5, 0.6) is 0 Å². The maximum absolute atomic E-state index is 5.46. The molecule has 0 atom stereocenters. The van der Waals surface area contributed by atoms with E-state index in [0.717, 1.165) is 12.2 Å². The molecular weight excluding hydrogens is 222 g/mol. The summed E-state index contributed by atoms with van der Waals surface area (Å²) in [4.78, 5) is 0. The number of hydrogen-bond donors (Lipinski definition) is 1. The number of nitrogens with zero attached hydrogens (tertiary/aromatic N) is 2. The average molecular weight is 243 g/mol. The second-order valence-electron chi connectivity index (χ2n) is 3.49. The van der Waals surface area contributed by atoms with Crippen LogP contribution >= 0.6 is 0 Å². The first-order chi connectivity index (χ1) is 8.36. The van der Waals surface area contributed by atoms with E-state index in [2.05, 4.69) is 5.10 Å². The van der Waals surface area contributed by atoms with E-state index in [-0.39, 0.29) is 0 Å². The molecule has 0 unspecified atom stereocenters. The smallest absolute Gasteiger partial charge is 0.0760 e. The summed E-state index contributed by atoms with van der Waals surface area (Å²) in [6, 6.07) is 1.91. The van der Waals surface area contributed by atoms with Gasteiger partial charge in [0.2, 0.25) is 0 Å². The molecule has 0 saturated carbocycles. The fourth-order valence-electron chi connectivity index (χ4n) is 1.26. The molecule has 0 fully saturated rings. The summed E-state index contributed by atoms with van der Waals surface area (Å²) < 4.78 is 17.3. The van der Waals surface area contributed by atoms with Crippen LogP contribution in [0.15, 0.2) is 12.3 Å². The molecule has 1 aromatic rings. The Labute approximate surface area is 102 Å². The third kappa shape index (κ3) is 6.38. The fraction of sp³-hybridized carbons (Fsp3) is 0.727. The zero-order valence-corrected chi connectivity index (χ0v) is 10.3. The van der Waals surface area contributed by atoms with Crippen molar-refractivity contribution in [2.75, 3.05) is 40.1 Å². The Bertz CT molecular complexity index is 291. The van der Waals surface area contributed by atoms with Crippen molar-refractivity contribution >= 4 is 0 Å². The first-order valence-electron chi connectivity index (χ1n) is 5.73. The van der Waals surface area contributed by atoms with E-state index in [1.807, 2.05) is 16.9 Å². The zero-order chi connectivity index (χ0) is 12.3. The lowest BCUT2D eigenvalue weighted by Gasteiger charge is -2.05. The third-order valence-corrected chi connectivity index (χ3v) is 2.17. The minimum Gasteiger partial charge on any atom is -0.382 e. The van der Waals surface area contributed by atoms with Crippen LogP contribution < -0.4 is 5.73 Å². The van der Waals surface area contributed by atoms with Gasteiger partial charge >= 0.3 is 0 Å². The lowest BCUT2D eigenvalue weighted by Crippen LogP contribution is -2.12. The number of methoxy groups -OCH3 is 1. The van der Waals surface area contributed by atoms with Crippen LogP contribution in [0.1, 0.15) is 5.69 Å². The highest BCUT2D eigenvalue weighted by Gasteiger charge is 1.96. The van der Waals surface area contributed by atoms with Crippen molar-refractivity contribution in [3.8, 4) is 0 Å². The number of ether oxygens (including phenoxy) is 3. The van der Waals surface area contributed by atoms with Gasteiger partial charge in [0.15, 0.2) is 0 Å². The minimum atomic E-state index is 0.473. The fourth-order valence-corrected chi connectivity index (χ4v) is 1.26. The van der Waals surface area contributed by atoms with E-state index >= 15 is 0 Å². The molecule has 0 radical (unpaired) electrons. The molecule has 0 aromatic carbocycles. The molecule has 0 spiro atoms. The highest BCUT2D eigenvalue weighted by molar-refractivity contribution is 4.97. The highest BCUT2D eigenvalue weighted by Crippen LogP contribution is 1.93. The van der Waals surface area contributed by atoms with Gasteiger partial charge in [-0.25, -0.2) is 0 Å². The monoisotopic (exact) mass is 243 g/mol. The predicted molar refractivity (Wildman–Crippen MR) is 63.6 cm³/mol. The Morgan fingerprint density at radius 2 is 1.88 bits per heavy atom. The molecule has 0 amide bonds. The molecule has 0 saturated heterocycles. The Morgan fingerprint density at radius 1 is 1.18 bits per heavy atom. The predicted octanol–water partition coefficient (Wildman–Crippen LogP) is 0.0214. The van der Waals surface area contributed by atoms with Crippen molar-refractivity contribution in [2.24, 2.45) is 5.73 Å². The number of aromatic nitrogens is 2. The van der Waals surface area contributed by atoms with Gasteiger partial charge in [0.1, 0.15) is 0 Å². The van der Waals surface area contributed by atoms with Gasteiger partial charge in [-0.15, -0.1) is 0 Å². The average Bonchev–Trinajstić information content (AvgIpc) is 2.80. The summed E-state index contributed by atoms with van der Waals surface area (Å²) in [5, 5.41) is 4.25. The second kappa shape index (κ2) is 9.12. The van der Waals surface area contributed by atoms with Gasteiger partial charge in [-0.05, 0) is 6.07 Å². The summed E-state index contributed by atoms with van der Waals surface area (Å²) >= 11 is 0. The Kier molecular flexibility index (Phi) is 7.57. The third-order valence-electron chi connectivity index (χ3n) is 2.17. The summed E-state index contributed by atoms with van der Waals surface area (Å²) in [6.07, 6.45) is 1.90. The minimum absolute atomic E-state index is 0.473. The van der Waals surface area contributed by atoms with Gasteiger partial charge in [-0.1, -0.05) is 0 Å². The van der Waals surface area contributed by atoms with Gasteiger partial charge in [0.05, 0.1) is 45.3 Å². The first kappa shape index (κ1) is 14.1. The molecular formula is C11H21N3O3. The molecule has 0 aliphatic carbocycles. The first-order valence-corrected chi connectivity index (χ1v) is 5.73. The van der Waals surface area contributed by atoms with Crippen LogP contribution in [0, 0.1) is 0 Å². The molecule has 0 aliphatic heterocycles. The number of rotatable bonds is 10. The Morgan fingerprint density at radius 3 is 2.53 bits per heavy atom. The van der Waals surface area contributed by atoms with Crippen molar-refractivity contribution in [3.63, 3.8) is 0 Å². The molecule has 1 rings (SSSR count). The second-order valence-corrected chi connectivity index (χ2v) is 3.49. The van der Waals surface area contributed by atoms with E-state index in [4.69, 9.17) is 19.9 Å². The van der Waals surface area contributed by atoms with E-state index < -0.39 is 0 Å². The van der Waals surface area contributed by atoms with Crippen molar-refractivity contribution in [1.82, 2.24) is 9.78 Å². The van der Waals surface area contributed by atoms with Crippen molar-refractivity contribution in [1.29, 1.82) is 0 Å². The van der Waals surface area contributed by atoms with Gasteiger partial charge in [-0.2, -0.15) is 5.10 Å². The summed E-state index contributed by atoms with van der Waals surface area (Å²) in [5.74, 6) is 0.